The smallest absolute Gasteiger partial charge is 0.327 e. The summed E-state index contributed by atoms with van der Waals surface area (Å²) < 4.78 is 0. The SMILES string of the molecule is CC(C)NCc1ccc(C[C@H]2C(=O)N[C@H]([C@@H](C)O)C(=O)N[C@@H](Cc3ccccc3)C(=O)N[C@@H]([C@@H](C)O)C(=O)N[C@@H](CO)C(=O)N[C@H](C(=O)O)CSSC[C@H](N)C(=O)N[C@@H](CCCCN)C(=O)N[C@@H](Cc3ccccc3)C(=O)N[C@@H](Cc3ccccc3)C(=O)N[C@H](Cc3c[nH]c4ccccc34)C(=O)N2C)cc1. The predicted octanol–water partition coefficient (Wildman–Crippen LogP) is 0.0592. The van der Waals surface area contributed by atoms with E-state index in [-0.39, 0.29) is 62.6 Å². The van der Waals surface area contributed by atoms with E-state index in [4.69, 9.17) is 11.5 Å². The number of hydrogen-bond acceptors (Lipinski definition) is 19. The van der Waals surface area contributed by atoms with Crippen molar-refractivity contribution in [3.8, 4) is 0 Å². The van der Waals surface area contributed by atoms with Gasteiger partial charge in [0.15, 0.2) is 0 Å². The average Bonchev–Trinajstić information content (AvgIpc) is 1.40. The summed E-state index contributed by atoms with van der Waals surface area (Å²) in [5.74, 6) is -11.8. The highest BCUT2D eigenvalue weighted by molar-refractivity contribution is 8.76. The number of carbonyl (C=O) groups excluding carboxylic acids is 10. The zero-order valence-electron chi connectivity index (χ0n) is 59.8. The highest BCUT2D eigenvalue weighted by Crippen LogP contribution is 2.25. The number of aliphatic hydroxyl groups excluding tert-OH is 3. The van der Waals surface area contributed by atoms with Gasteiger partial charge in [-0.05, 0) is 79.1 Å². The quantitative estimate of drug-likeness (QED) is 0.0335. The van der Waals surface area contributed by atoms with Gasteiger partial charge in [-0.3, -0.25) is 47.9 Å². The highest BCUT2D eigenvalue weighted by atomic mass is 33.1. The van der Waals surface area contributed by atoms with E-state index in [0.717, 1.165) is 39.0 Å². The first-order chi connectivity index (χ1) is 50.7. The molecule has 1 aliphatic heterocycles. The third-order valence-electron chi connectivity index (χ3n) is 17.8. The van der Waals surface area contributed by atoms with Gasteiger partial charge >= 0.3 is 5.97 Å². The van der Waals surface area contributed by atoms with Crippen LogP contribution in [0, 0.1) is 0 Å². The molecule has 5 aromatic carbocycles. The van der Waals surface area contributed by atoms with Crippen LogP contribution in [0.5, 0.6) is 0 Å². The lowest BCUT2D eigenvalue weighted by atomic mass is 9.98. The number of aliphatic carboxylic acids is 1. The fourth-order valence-corrected chi connectivity index (χ4v) is 14.0. The van der Waals surface area contributed by atoms with E-state index in [1.165, 1.54) is 14.0 Å². The van der Waals surface area contributed by atoms with E-state index in [1.807, 2.05) is 44.2 Å². The molecular weight excluding hydrogens is 1400 g/mol. The van der Waals surface area contributed by atoms with Crippen LogP contribution < -0.4 is 64.6 Å². The number of amides is 10. The Morgan fingerprint density at radius 3 is 1.44 bits per heavy atom. The number of carboxylic acid groups (broad SMARTS) is 1. The Labute approximate surface area is 623 Å². The van der Waals surface area contributed by atoms with Crippen LogP contribution in [-0.4, -0.2) is 212 Å². The van der Waals surface area contributed by atoms with Gasteiger partial charge in [0.05, 0.1) is 24.9 Å². The van der Waals surface area contributed by atoms with Crippen LogP contribution in [0.2, 0.25) is 0 Å². The van der Waals surface area contributed by atoms with Gasteiger partial charge in [-0.25, -0.2) is 4.79 Å². The molecule has 19 N–H and O–H groups in total. The van der Waals surface area contributed by atoms with Crippen molar-refractivity contribution in [3.63, 3.8) is 0 Å². The molecule has 29 nitrogen and oxygen atoms in total. The summed E-state index contributed by atoms with van der Waals surface area (Å²) in [6.45, 7) is 5.94. The monoisotopic (exact) mass is 1500 g/mol. The van der Waals surface area contributed by atoms with Crippen LogP contribution in [-0.2, 0) is 91.4 Å². The van der Waals surface area contributed by atoms with Gasteiger partial charge in [-0.2, -0.15) is 0 Å². The Kier molecular flexibility index (Phi) is 33.0. The number of fused-ring (bicyclic) bond motifs is 1. The zero-order valence-corrected chi connectivity index (χ0v) is 61.5. The second kappa shape index (κ2) is 41.8. The molecular formula is C75H98N14O15S2. The third-order valence-corrected chi connectivity index (χ3v) is 20.2. The number of carboxylic acids is 1. The molecule has 0 radical (unpaired) electrons. The molecule has 0 saturated carbocycles. The van der Waals surface area contributed by atoms with Crippen molar-refractivity contribution in [1.29, 1.82) is 0 Å². The number of aromatic nitrogens is 1. The average molecular weight is 1500 g/mol. The molecule has 1 saturated heterocycles. The Bertz CT molecular complexity index is 3920. The number of nitrogens with two attached hydrogens (primary N) is 2. The van der Waals surface area contributed by atoms with Crippen LogP contribution in [0.25, 0.3) is 10.9 Å². The molecule has 1 aromatic heterocycles. The number of benzene rings is 5. The van der Waals surface area contributed by atoms with E-state index >= 15 is 19.2 Å². The van der Waals surface area contributed by atoms with E-state index in [2.05, 4.69) is 58.2 Å². The summed E-state index contributed by atoms with van der Waals surface area (Å²) in [6, 6.07) is 22.6. The summed E-state index contributed by atoms with van der Waals surface area (Å²) in [7, 11) is 3.18. The van der Waals surface area contributed by atoms with Gasteiger partial charge in [0.2, 0.25) is 59.1 Å². The Balaban J connectivity index is 1.33. The van der Waals surface area contributed by atoms with E-state index < -0.39 is 150 Å². The number of H-pyrrole nitrogens is 1. The number of aromatic amines is 1. The predicted molar refractivity (Wildman–Crippen MR) is 402 cm³/mol. The van der Waals surface area contributed by atoms with Crippen LogP contribution in [0.3, 0.4) is 0 Å². The number of carbonyl (C=O) groups is 11. The van der Waals surface area contributed by atoms with Gasteiger partial charge in [-0.15, -0.1) is 0 Å². The van der Waals surface area contributed by atoms with Crippen LogP contribution in [0.4, 0.5) is 0 Å². The second-order valence-corrected chi connectivity index (χ2v) is 29.1. The van der Waals surface area contributed by atoms with Crippen LogP contribution in [0.15, 0.2) is 146 Å². The molecule has 6 aromatic rings. The van der Waals surface area contributed by atoms with Crippen molar-refractivity contribution in [2.75, 3.05) is 31.7 Å². The Morgan fingerprint density at radius 1 is 0.500 bits per heavy atom. The number of para-hydroxylation sites is 1. The maximum Gasteiger partial charge on any atom is 0.327 e. The standard InChI is InChI=1S/C75H98N14O15S2/c1-43(2)78-38-50-30-28-49(29-31-50)36-62-71(99)88-64(45(4)92)72(100)83-58(35-48-23-13-8-14-24-48)69(97)87-63(44(3)91)73(101)85-60(40-90)70(98)86-61(75(103)104)42-106-105-41-53(77)65(93)80-55(27-17-18-32-76)66(94)81-56(33-46-19-9-6-10-20-46)67(95)82-57(34-47-21-11-7-12-22-47)68(96)84-59(74(102)89(62)5)37-51-39-79-54-26-16-15-25-52(51)54/h6-16,19-26,28-31,39,43-45,53,55-64,78-79,90-92H,17-18,27,32-38,40-42,76-77H2,1-5H3,(H,80,93)(H,81,94)(H,82,95)(H,83,100)(H,84,96)(H,85,101)(H,86,98)(H,87,97)(H,88,99)(H,103,104)/t44-,45-,53+,55+,56+,57+,58+,59-,60+,61+,62+,63+,64-/m1/s1. The van der Waals surface area contributed by atoms with Crippen molar-refractivity contribution < 1.29 is 73.2 Å². The first kappa shape index (κ1) is 83.5. The summed E-state index contributed by atoms with van der Waals surface area (Å²) in [6.07, 6.45) is -1.96. The molecule has 0 unspecified atom stereocenters. The topological polar surface area (TPSA) is 460 Å². The fourth-order valence-electron chi connectivity index (χ4n) is 11.7. The molecule has 0 aliphatic carbocycles. The van der Waals surface area contributed by atoms with Crippen LogP contribution in [0.1, 0.15) is 80.3 Å². The van der Waals surface area contributed by atoms with Gasteiger partial charge in [0.25, 0.3) is 0 Å². The molecule has 0 bridgehead atoms. The normalized spacial score (nSPS) is 23.8. The maximum atomic E-state index is 15.9. The van der Waals surface area contributed by atoms with Crippen LogP contribution >= 0.6 is 21.6 Å². The van der Waals surface area contributed by atoms with Gasteiger partial charge < -0.3 is 94.9 Å². The number of likely N-dealkylation sites (N-methyl/N-ethyl adjacent to an activating group) is 1. The van der Waals surface area contributed by atoms with Crippen molar-refractivity contribution in [3.05, 3.63) is 179 Å². The molecule has 2 heterocycles. The van der Waals surface area contributed by atoms with E-state index in [0.29, 0.717) is 58.1 Å². The number of nitrogens with zero attached hydrogens (tertiary/aromatic N) is 1. The van der Waals surface area contributed by atoms with E-state index in [1.54, 1.807) is 115 Å². The summed E-state index contributed by atoms with van der Waals surface area (Å²) >= 11 is 0. The fraction of sp³-hybridized carbons (Fsp3) is 0.427. The summed E-state index contributed by atoms with van der Waals surface area (Å²) in [5.41, 5.74) is 16.6. The molecule has 31 heteroatoms. The number of nitrogens with one attached hydrogen (secondary N) is 11. The Morgan fingerprint density at radius 2 is 0.934 bits per heavy atom. The lowest BCUT2D eigenvalue weighted by Crippen LogP contribution is -2.63. The largest absolute Gasteiger partial charge is 0.480 e. The molecule has 0 spiro atoms. The van der Waals surface area contributed by atoms with Crippen molar-refractivity contribution in [2.45, 2.75) is 170 Å². The van der Waals surface area contributed by atoms with Gasteiger partial charge in [0, 0.05) is 80.3 Å². The first-order valence-electron chi connectivity index (χ1n) is 35.1. The minimum atomic E-state index is -1.91. The van der Waals surface area contributed by atoms with E-state index in [9.17, 15) is 54.0 Å². The summed E-state index contributed by atoms with van der Waals surface area (Å²) in [5, 5.41) is 70.6. The molecule has 7 rings (SSSR count). The van der Waals surface area contributed by atoms with Crippen molar-refractivity contribution in [2.24, 2.45) is 11.5 Å². The number of hydrogen-bond donors (Lipinski definition) is 17. The summed E-state index contributed by atoms with van der Waals surface area (Å²) in [4.78, 5) is 165. The van der Waals surface area contributed by atoms with Gasteiger partial charge in [0.1, 0.15) is 60.4 Å². The molecule has 1 aliphatic rings. The molecule has 106 heavy (non-hydrogen) atoms. The number of aliphatic hydroxyl groups is 3. The molecule has 10 amide bonds. The zero-order chi connectivity index (χ0) is 77.0. The van der Waals surface area contributed by atoms with Crippen molar-refractivity contribution in [1.82, 2.24) is 63.1 Å². The highest BCUT2D eigenvalue weighted by Gasteiger charge is 2.40. The number of unbranched alkanes of at least 4 members (excludes halogenated alkanes) is 1. The number of rotatable bonds is 21. The third kappa shape index (κ3) is 25.5. The molecule has 570 valence electrons. The maximum absolute atomic E-state index is 15.9. The Hall–Kier alpha value is -9.73. The lowest BCUT2D eigenvalue weighted by Gasteiger charge is -2.33. The van der Waals surface area contributed by atoms with Gasteiger partial charge in [-0.1, -0.05) is 169 Å². The van der Waals surface area contributed by atoms with Crippen molar-refractivity contribution >= 4 is 97.5 Å². The second-order valence-electron chi connectivity index (χ2n) is 26.5. The minimum absolute atomic E-state index is 0.0304. The minimum Gasteiger partial charge on any atom is -0.480 e. The molecule has 1 fully saturated rings. The lowest BCUT2D eigenvalue weighted by molar-refractivity contribution is -0.143. The first-order valence-corrected chi connectivity index (χ1v) is 37.6. The molecule has 13 atom stereocenters.